The molecule has 2 aromatic heterocycles. The molecule has 1 fully saturated rings. The lowest BCUT2D eigenvalue weighted by atomic mass is 10.1. The number of anilines is 1. The Morgan fingerprint density at radius 1 is 1.46 bits per heavy atom. The lowest BCUT2D eigenvalue weighted by molar-refractivity contribution is -0.145. The molecule has 9 heteroatoms. The summed E-state index contributed by atoms with van der Waals surface area (Å²) in [6.07, 6.45) is 2.08. The Bertz CT molecular complexity index is 815. The first kappa shape index (κ1) is 17.7. The third-order valence-electron chi connectivity index (χ3n) is 4.64. The summed E-state index contributed by atoms with van der Waals surface area (Å²) < 4.78 is 11.7. The van der Waals surface area contributed by atoms with E-state index in [0.29, 0.717) is 42.5 Å². The zero-order valence-corrected chi connectivity index (χ0v) is 16.8. The van der Waals surface area contributed by atoms with Crippen LogP contribution < -0.4 is 9.64 Å². The summed E-state index contributed by atoms with van der Waals surface area (Å²) in [5.74, 6) is 1.06. The molecule has 0 bridgehead atoms. The standard InChI is InChI=1S/C17H19BrN4O3S/c1-24-15-12(18)8-19-17(20-15)22-5-6-25-13(10-22)16(23)21-4-2-14-11(9-21)3-7-26-14/h3,7-8,13H,2,4-6,9-10H2,1H3. The Hall–Kier alpha value is -1.71. The van der Waals surface area contributed by atoms with Crippen LogP contribution in [0.3, 0.4) is 0 Å². The molecule has 26 heavy (non-hydrogen) atoms. The fourth-order valence-corrected chi connectivity index (χ4v) is 4.50. The second-order valence-electron chi connectivity index (χ2n) is 6.21. The Morgan fingerprint density at radius 3 is 3.19 bits per heavy atom. The smallest absolute Gasteiger partial charge is 0.253 e. The first-order chi connectivity index (χ1) is 12.7. The molecule has 4 heterocycles. The van der Waals surface area contributed by atoms with Crippen LogP contribution in [0.4, 0.5) is 5.95 Å². The number of morpholine rings is 1. The Morgan fingerprint density at radius 2 is 2.35 bits per heavy atom. The van der Waals surface area contributed by atoms with Crippen LogP contribution in [0.5, 0.6) is 5.88 Å². The van der Waals surface area contributed by atoms with Gasteiger partial charge in [0.25, 0.3) is 5.91 Å². The molecule has 0 spiro atoms. The lowest BCUT2D eigenvalue weighted by Gasteiger charge is -2.36. The van der Waals surface area contributed by atoms with Gasteiger partial charge in [0, 0.05) is 24.5 Å². The number of hydrogen-bond donors (Lipinski definition) is 0. The van der Waals surface area contributed by atoms with Gasteiger partial charge in [-0.25, -0.2) is 4.98 Å². The minimum atomic E-state index is -0.498. The highest BCUT2D eigenvalue weighted by Crippen LogP contribution is 2.26. The summed E-state index contributed by atoms with van der Waals surface area (Å²) in [7, 11) is 1.57. The number of nitrogens with zero attached hydrogens (tertiary/aromatic N) is 4. The number of thiophene rings is 1. The zero-order valence-electron chi connectivity index (χ0n) is 14.4. The molecule has 7 nitrogen and oxygen atoms in total. The average Bonchev–Trinajstić information content (AvgIpc) is 3.15. The molecule has 0 radical (unpaired) electrons. The number of methoxy groups -OCH3 is 1. The van der Waals surface area contributed by atoms with Gasteiger partial charge in [0.1, 0.15) is 0 Å². The molecule has 0 aliphatic carbocycles. The number of halogens is 1. The van der Waals surface area contributed by atoms with Crippen molar-refractivity contribution in [3.63, 3.8) is 0 Å². The largest absolute Gasteiger partial charge is 0.480 e. The van der Waals surface area contributed by atoms with E-state index in [-0.39, 0.29) is 5.91 Å². The summed E-state index contributed by atoms with van der Waals surface area (Å²) in [6.45, 7) is 2.96. The molecule has 1 saturated heterocycles. The van der Waals surface area contributed by atoms with Crippen LogP contribution in [-0.2, 0) is 22.5 Å². The van der Waals surface area contributed by atoms with Crippen LogP contribution in [0.15, 0.2) is 22.1 Å². The van der Waals surface area contributed by atoms with Crippen LogP contribution in [0, 0.1) is 0 Å². The number of rotatable bonds is 3. The van der Waals surface area contributed by atoms with Crippen molar-refractivity contribution in [3.05, 3.63) is 32.6 Å². The van der Waals surface area contributed by atoms with Crippen LogP contribution in [0.1, 0.15) is 10.4 Å². The van der Waals surface area contributed by atoms with E-state index in [1.54, 1.807) is 24.6 Å². The molecule has 2 aliphatic heterocycles. The topological polar surface area (TPSA) is 67.8 Å². The maximum absolute atomic E-state index is 12.9. The predicted octanol–water partition coefficient (Wildman–Crippen LogP) is 2.10. The number of hydrogen-bond acceptors (Lipinski definition) is 7. The van der Waals surface area contributed by atoms with E-state index in [9.17, 15) is 4.79 Å². The summed E-state index contributed by atoms with van der Waals surface area (Å²) in [6, 6.07) is 2.11. The van der Waals surface area contributed by atoms with Crippen molar-refractivity contribution in [1.29, 1.82) is 0 Å². The third kappa shape index (κ3) is 3.43. The second-order valence-corrected chi connectivity index (χ2v) is 8.07. The van der Waals surface area contributed by atoms with Crippen molar-refractivity contribution in [2.75, 3.05) is 38.3 Å². The fraction of sp³-hybridized carbons (Fsp3) is 0.471. The highest BCUT2D eigenvalue weighted by atomic mass is 79.9. The predicted molar refractivity (Wildman–Crippen MR) is 102 cm³/mol. The number of aromatic nitrogens is 2. The van der Waals surface area contributed by atoms with Crippen molar-refractivity contribution in [2.45, 2.75) is 19.1 Å². The van der Waals surface area contributed by atoms with Crippen molar-refractivity contribution in [3.8, 4) is 5.88 Å². The minimum Gasteiger partial charge on any atom is -0.480 e. The van der Waals surface area contributed by atoms with Crippen molar-refractivity contribution in [2.24, 2.45) is 0 Å². The molecule has 1 amide bonds. The number of carbonyl (C=O) groups excluding carboxylic acids is 1. The molecule has 0 aromatic carbocycles. The van der Waals surface area contributed by atoms with Gasteiger partial charge in [0.2, 0.25) is 11.8 Å². The van der Waals surface area contributed by atoms with Crippen molar-refractivity contribution in [1.82, 2.24) is 14.9 Å². The highest BCUT2D eigenvalue weighted by molar-refractivity contribution is 9.10. The number of ether oxygens (including phenoxy) is 2. The number of amides is 1. The average molecular weight is 439 g/mol. The molecule has 0 N–H and O–H groups in total. The maximum atomic E-state index is 12.9. The Labute approximate surface area is 164 Å². The van der Waals surface area contributed by atoms with E-state index in [2.05, 4.69) is 37.3 Å². The van der Waals surface area contributed by atoms with Gasteiger partial charge < -0.3 is 19.3 Å². The Balaban J connectivity index is 1.46. The van der Waals surface area contributed by atoms with E-state index in [1.165, 1.54) is 10.4 Å². The first-order valence-electron chi connectivity index (χ1n) is 8.43. The molecular weight excluding hydrogens is 420 g/mol. The first-order valence-corrected chi connectivity index (χ1v) is 10.1. The third-order valence-corrected chi connectivity index (χ3v) is 6.20. The zero-order chi connectivity index (χ0) is 18.1. The highest BCUT2D eigenvalue weighted by Gasteiger charge is 2.33. The summed E-state index contributed by atoms with van der Waals surface area (Å²) in [5, 5.41) is 2.09. The van der Waals surface area contributed by atoms with Gasteiger partial charge in [0.05, 0.1) is 30.9 Å². The Kier molecular flexibility index (Phi) is 5.10. The van der Waals surface area contributed by atoms with Gasteiger partial charge in [-0.1, -0.05) is 0 Å². The van der Waals surface area contributed by atoms with Gasteiger partial charge in [-0.3, -0.25) is 4.79 Å². The van der Waals surface area contributed by atoms with E-state index >= 15 is 0 Å². The quantitative estimate of drug-likeness (QED) is 0.730. The lowest BCUT2D eigenvalue weighted by Crippen LogP contribution is -2.52. The van der Waals surface area contributed by atoms with Gasteiger partial charge in [0.15, 0.2) is 6.10 Å². The molecule has 2 aromatic rings. The van der Waals surface area contributed by atoms with E-state index in [0.717, 1.165) is 13.0 Å². The van der Waals surface area contributed by atoms with Gasteiger partial charge in [-0.05, 0) is 39.4 Å². The number of fused-ring (bicyclic) bond motifs is 1. The number of carbonyl (C=O) groups is 1. The molecule has 1 atom stereocenters. The maximum Gasteiger partial charge on any atom is 0.253 e. The van der Waals surface area contributed by atoms with Crippen LogP contribution in [0.2, 0.25) is 0 Å². The molecule has 1 unspecified atom stereocenters. The summed E-state index contributed by atoms with van der Waals surface area (Å²) in [5.41, 5.74) is 1.25. The minimum absolute atomic E-state index is 0.0376. The normalized spacial score (nSPS) is 20.0. The van der Waals surface area contributed by atoms with Crippen LogP contribution in [0.25, 0.3) is 0 Å². The van der Waals surface area contributed by atoms with Crippen LogP contribution >= 0.6 is 27.3 Å². The molecular formula is C17H19BrN4O3S. The van der Waals surface area contributed by atoms with Crippen molar-refractivity contribution >= 4 is 39.1 Å². The van der Waals surface area contributed by atoms with Crippen molar-refractivity contribution < 1.29 is 14.3 Å². The van der Waals surface area contributed by atoms with Crippen LogP contribution in [-0.4, -0.2) is 60.2 Å². The summed E-state index contributed by atoms with van der Waals surface area (Å²) in [4.78, 5) is 27.0. The van der Waals surface area contributed by atoms with E-state index in [1.807, 2.05) is 9.80 Å². The van der Waals surface area contributed by atoms with Gasteiger partial charge in [-0.2, -0.15) is 4.98 Å². The van der Waals surface area contributed by atoms with Gasteiger partial charge in [-0.15, -0.1) is 11.3 Å². The molecule has 2 aliphatic rings. The molecule has 4 rings (SSSR count). The molecule has 0 saturated carbocycles. The van der Waals surface area contributed by atoms with E-state index in [4.69, 9.17) is 9.47 Å². The fourth-order valence-electron chi connectivity index (χ4n) is 3.26. The molecule has 138 valence electrons. The van der Waals surface area contributed by atoms with Gasteiger partial charge >= 0.3 is 0 Å². The second kappa shape index (κ2) is 7.50. The summed E-state index contributed by atoms with van der Waals surface area (Å²) >= 11 is 5.13. The monoisotopic (exact) mass is 438 g/mol. The SMILES string of the molecule is COc1nc(N2CCOC(C(=O)N3CCc4sccc4C3)C2)ncc1Br. The van der Waals surface area contributed by atoms with E-state index < -0.39 is 6.10 Å².